The summed E-state index contributed by atoms with van der Waals surface area (Å²) in [6, 6.07) is 18.8. The highest BCUT2D eigenvalue weighted by atomic mass is 35.5. The van der Waals surface area contributed by atoms with Crippen molar-refractivity contribution >= 4 is 23.5 Å². The minimum atomic E-state index is -0.0451. The van der Waals surface area contributed by atoms with Gasteiger partial charge in [-0.15, -0.1) is 0 Å². The highest BCUT2D eigenvalue weighted by molar-refractivity contribution is 6.32. The highest BCUT2D eigenvalue weighted by Gasteiger charge is 2.19. The van der Waals surface area contributed by atoms with Crippen molar-refractivity contribution in [2.24, 2.45) is 0 Å². The summed E-state index contributed by atoms with van der Waals surface area (Å²) < 4.78 is 0. The quantitative estimate of drug-likeness (QED) is 0.288. The number of nitrogens with zero attached hydrogens (tertiary/aromatic N) is 4. The Labute approximate surface area is 222 Å². The number of amides is 1. The van der Waals surface area contributed by atoms with Crippen LogP contribution in [0, 0.1) is 6.92 Å². The standard InChI is InChI=1S/C29H30ClN5O2/c1-19(2)35(28(37)24-9-7-20(3)33-17-24)18-22-5-4-6-23(15-22)26-12-14-32-29(34-26)31-13-11-21-8-10-27(36)25(30)16-21/h4-10,12,14-17,19,36H,11,13,18H2,1-3H3,(H,31,32,34). The summed E-state index contributed by atoms with van der Waals surface area (Å²) in [5.74, 6) is 0.555. The van der Waals surface area contributed by atoms with Gasteiger partial charge in [0.05, 0.1) is 16.3 Å². The van der Waals surface area contributed by atoms with Crippen LogP contribution in [-0.2, 0) is 13.0 Å². The zero-order chi connectivity index (χ0) is 26.4. The van der Waals surface area contributed by atoms with Gasteiger partial charge in [0.25, 0.3) is 5.91 Å². The van der Waals surface area contributed by atoms with Crippen LogP contribution in [0.3, 0.4) is 0 Å². The van der Waals surface area contributed by atoms with E-state index in [0.29, 0.717) is 36.0 Å². The molecule has 0 radical (unpaired) electrons. The molecule has 37 heavy (non-hydrogen) atoms. The lowest BCUT2D eigenvalue weighted by Gasteiger charge is -2.27. The van der Waals surface area contributed by atoms with Crippen molar-refractivity contribution in [3.05, 3.63) is 100 Å². The molecule has 7 nitrogen and oxygen atoms in total. The average molecular weight is 516 g/mol. The molecule has 0 spiro atoms. The summed E-state index contributed by atoms with van der Waals surface area (Å²) in [6.45, 7) is 7.02. The Kier molecular flexibility index (Phi) is 8.36. The maximum absolute atomic E-state index is 13.2. The molecular weight excluding hydrogens is 486 g/mol. The molecule has 2 aromatic heterocycles. The lowest BCUT2D eigenvalue weighted by Crippen LogP contribution is -2.36. The van der Waals surface area contributed by atoms with Gasteiger partial charge in [-0.05, 0) is 74.7 Å². The molecular formula is C29H30ClN5O2. The van der Waals surface area contributed by atoms with E-state index in [9.17, 15) is 9.90 Å². The largest absolute Gasteiger partial charge is 0.506 e. The van der Waals surface area contributed by atoms with E-state index in [1.807, 2.05) is 68.1 Å². The Morgan fingerprint density at radius 3 is 2.62 bits per heavy atom. The van der Waals surface area contributed by atoms with Crippen molar-refractivity contribution in [1.82, 2.24) is 19.9 Å². The molecule has 2 aromatic carbocycles. The van der Waals surface area contributed by atoms with Crippen molar-refractivity contribution in [3.8, 4) is 17.0 Å². The molecule has 190 valence electrons. The molecule has 4 aromatic rings. The third-order valence-electron chi connectivity index (χ3n) is 5.98. The molecule has 0 aliphatic rings. The molecule has 0 unspecified atom stereocenters. The second-order valence-corrected chi connectivity index (χ2v) is 9.55. The van der Waals surface area contributed by atoms with Crippen LogP contribution in [0.5, 0.6) is 5.75 Å². The first-order chi connectivity index (χ1) is 17.8. The van der Waals surface area contributed by atoms with Gasteiger partial charge in [0.1, 0.15) is 5.75 Å². The Morgan fingerprint density at radius 2 is 1.89 bits per heavy atom. The lowest BCUT2D eigenvalue weighted by atomic mass is 10.1. The van der Waals surface area contributed by atoms with E-state index in [4.69, 9.17) is 11.6 Å². The Hall–Kier alpha value is -3.97. The van der Waals surface area contributed by atoms with E-state index < -0.39 is 0 Å². The van der Waals surface area contributed by atoms with Crippen LogP contribution in [0.1, 0.15) is 41.0 Å². The summed E-state index contributed by atoms with van der Waals surface area (Å²) in [5.41, 5.74) is 5.21. The zero-order valence-corrected chi connectivity index (χ0v) is 21.9. The Balaban J connectivity index is 1.45. The monoisotopic (exact) mass is 515 g/mol. The molecule has 0 saturated carbocycles. The van der Waals surface area contributed by atoms with Gasteiger partial charge in [-0.2, -0.15) is 0 Å². The van der Waals surface area contributed by atoms with E-state index in [0.717, 1.165) is 28.1 Å². The average Bonchev–Trinajstić information content (AvgIpc) is 2.89. The van der Waals surface area contributed by atoms with Crippen molar-refractivity contribution in [2.75, 3.05) is 11.9 Å². The normalized spacial score (nSPS) is 10.9. The van der Waals surface area contributed by atoms with Gasteiger partial charge in [-0.3, -0.25) is 9.78 Å². The lowest BCUT2D eigenvalue weighted by molar-refractivity contribution is 0.0690. The predicted molar refractivity (Wildman–Crippen MR) is 147 cm³/mol. The summed E-state index contributed by atoms with van der Waals surface area (Å²) in [5, 5.41) is 13.2. The van der Waals surface area contributed by atoms with Gasteiger partial charge in [0.2, 0.25) is 5.95 Å². The first-order valence-corrected chi connectivity index (χ1v) is 12.5. The van der Waals surface area contributed by atoms with Crippen molar-refractivity contribution in [2.45, 2.75) is 39.8 Å². The maximum atomic E-state index is 13.2. The fourth-order valence-corrected chi connectivity index (χ4v) is 4.11. The van der Waals surface area contributed by atoms with Crippen LogP contribution in [0.25, 0.3) is 11.3 Å². The Morgan fingerprint density at radius 1 is 1.05 bits per heavy atom. The number of aryl methyl sites for hydroxylation is 1. The van der Waals surface area contributed by atoms with Gasteiger partial charge in [-0.1, -0.05) is 35.9 Å². The van der Waals surface area contributed by atoms with Gasteiger partial charge in [0, 0.05) is 42.8 Å². The highest BCUT2D eigenvalue weighted by Crippen LogP contribution is 2.24. The van der Waals surface area contributed by atoms with Gasteiger partial charge in [0.15, 0.2) is 0 Å². The fraction of sp³-hybridized carbons (Fsp3) is 0.241. The number of phenolic OH excluding ortho intramolecular Hbond substituents is 1. The number of rotatable bonds is 9. The number of aromatic hydroxyl groups is 1. The number of aromatic nitrogens is 3. The van der Waals surface area contributed by atoms with Gasteiger partial charge < -0.3 is 15.3 Å². The Bertz CT molecular complexity index is 1380. The number of anilines is 1. The zero-order valence-electron chi connectivity index (χ0n) is 21.1. The van der Waals surface area contributed by atoms with Gasteiger partial charge in [-0.25, -0.2) is 9.97 Å². The molecule has 0 saturated heterocycles. The predicted octanol–water partition coefficient (Wildman–Crippen LogP) is 5.91. The summed E-state index contributed by atoms with van der Waals surface area (Å²) in [6.07, 6.45) is 4.07. The van der Waals surface area contributed by atoms with E-state index >= 15 is 0 Å². The first-order valence-electron chi connectivity index (χ1n) is 12.2. The third kappa shape index (κ3) is 6.83. The topological polar surface area (TPSA) is 91.2 Å². The van der Waals surface area contributed by atoms with Crippen LogP contribution in [0.2, 0.25) is 5.02 Å². The molecule has 2 heterocycles. The second-order valence-electron chi connectivity index (χ2n) is 9.14. The molecule has 0 aliphatic heterocycles. The smallest absolute Gasteiger partial charge is 0.255 e. The van der Waals surface area contributed by atoms with E-state index in [1.165, 1.54) is 0 Å². The first kappa shape index (κ1) is 26.1. The molecule has 0 aliphatic carbocycles. The third-order valence-corrected chi connectivity index (χ3v) is 6.29. The number of halogens is 1. The number of hydrogen-bond donors (Lipinski definition) is 2. The molecule has 0 bridgehead atoms. The fourth-order valence-electron chi connectivity index (χ4n) is 3.90. The van der Waals surface area contributed by atoms with Crippen molar-refractivity contribution < 1.29 is 9.90 Å². The van der Waals surface area contributed by atoms with Crippen LogP contribution in [0.4, 0.5) is 5.95 Å². The number of carbonyl (C=O) groups excluding carboxylic acids is 1. The van der Waals surface area contributed by atoms with E-state index in [1.54, 1.807) is 24.5 Å². The number of pyridine rings is 1. The van der Waals surface area contributed by atoms with Crippen LogP contribution in [-0.4, -0.2) is 43.5 Å². The number of nitrogens with one attached hydrogen (secondary N) is 1. The molecule has 0 atom stereocenters. The SMILES string of the molecule is Cc1ccc(C(=O)N(Cc2cccc(-c3ccnc(NCCc4ccc(O)c(Cl)c4)n3)c2)C(C)C)cn1. The maximum Gasteiger partial charge on any atom is 0.255 e. The van der Waals surface area contributed by atoms with Gasteiger partial charge >= 0.3 is 0 Å². The molecule has 4 rings (SSSR count). The van der Waals surface area contributed by atoms with E-state index in [2.05, 4.69) is 26.3 Å². The summed E-state index contributed by atoms with van der Waals surface area (Å²) in [4.78, 5) is 28.3. The van der Waals surface area contributed by atoms with Crippen LogP contribution < -0.4 is 5.32 Å². The molecule has 1 amide bonds. The minimum Gasteiger partial charge on any atom is -0.506 e. The summed E-state index contributed by atoms with van der Waals surface area (Å²) in [7, 11) is 0. The van der Waals surface area contributed by atoms with E-state index in [-0.39, 0.29) is 17.7 Å². The van der Waals surface area contributed by atoms with Crippen molar-refractivity contribution in [3.63, 3.8) is 0 Å². The minimum absolute atomic E-state index is 0.0239. The number of hydrogen-bond acceptors (Lipinski definition) is 6. The number of carbonyl (C=O) groups is 1. The molecule has 8 heteroatoms. The van der Waals surface area contributed by atoms with Crippen molar-refractivity contribution in [1.29, 1.82) is 0 Å². The second kappa shape index (κ2) is 11.8. The molecule has 2 N–H and O–H groups in total. The van der Waals surface area contributed by atoms with Crippen LogP contribution >= 0.6 is 11.6 Å². The summed E-state index contributed by atoms with van der Waals surface area (Å²) >= 11 is 5.99. The number of phenols is 1. The molecule has 0 fully saturated rings. The van der Waals surface area contributed by atoms with Crippen LogP contribution in [0.15, 0.2) is 73.1 Å². The number of benzene rings is 2.